The number of aromatic hydroxyl groups is 1. The first-order valence-corrected chi connectivity index (χ1v) is 8.13. The molecule has 1 heterocycles. The zero-order valence-corrected chi connectivity index (χ0v) is 13.0. The number of hydrogen-bond donors (Lipinski definition) is 3. The van der Waals surface area contributed by atoms with Crippen LogP contribution in [0.5, 0.6) is 5.75 Å². The largest absolute Gasteiger partial charge is 0.508 e. The SMILES string of the molecule is C=C1NC(=O)N[C@H](c2ccc(O)cc2)[C@H]1C(=O)OCCSC. The zero-order chi connectivity index (χ0) is 16.1. The normalized spacial score (nSPS) is 21.0. The molecule has 1 fully saturated rings. The van der Waals surface area contributed by atoms with Gasteiger partial charge in [0.1, 0.15) is 18.3 Å². The van der Waals surface area contributed by atoms with E-state index in [0.29, 0.717) is 23.6 Å². The van der Waals surface area contributed by atoms with Crippen molar-refractivity contribution in [3.8, 4) is 5.75 Å². The van der Waals surface area contributed by atoms with Gasteiger partial charge in [-0.2, -0.15) is 11.8 Å². The third kappa shape index (κ3) is 3.73. The quantitative estimate of drug-likeness (QED) is 0.568. The number of ether oxygens (including phenoxy) is 1. The molecule has 1 saturated heterocycles. The van der Waals surface area contributed by atoms with E-state index < -0.39 is 24.0 Å². The summed E-state index contributed by atoms with van der Waals surface area (Å²) in [5.74, 6) is -0.343. The standard InChI is InChI=1S/C15H18N2O4S/c1-9-12(14(19)21-7-8-22-2)13(17-15(20)16-9)10-3-5-11(18)6-4-10/h3-6,12-13,18H,1,7-8H2,2H3,(H2,16,17,20)/t12-,13+/m0/s1. The average molecular weight is 322 g/mol. The van der Waals surface area contributed by atoms with E-state index in [1.165, 1.54) is 12.1 Å². The summed E-state index contributed by atoms with van der Waals surface area (Å²) in [6, 6.07) is 5.31. The van der Waals surface area contributed by atoms with Gasteiger partial charge in [0, 0.05) is 11.4 Å². The second-order valence-electron chi connectivity index (χ2n) is 4.83. The Morgan fingerprint density at radius 1 is 1.41 bits per heavy atom. The maximum Gasteiger partial charge on any atom is 0.319 e. The zero-order valence-electron chi connectivity index (χ0n) is 12.2. The highest BCUT2D eigenvalue weighted by Crippen LogP contribution is 2.31. The van der Waals surface area contributed by atoms with Crippen molar-refractivity contribution in [2.45, 2.75) is 6.04 Å². The summed E-state index contributed by atoms with van der Waals surface area (Å²) in [4.78, 5) is 24.0. The number of rotatable bonds is 5. The molecule has 2 rings (SSSR count). The molecule has 22 heavy (non-hydrogen) atoms. The van der Waals surface area contributed by atoms with Crippen LogP contribution >= 0.6 is 11.8 Å². The van der Waals surface area contributed by atoms with Gasteiger partial charge >= 0.3 is 12.0 Å². The highest BCUT2D eigenvalue weighted by atomic mass is 32.2. The van der Waals surface area contributed by atoms with E-state index >= 15 is 0 Å². The lowest BCUT2D eigenvalue weighted by Gasteiger charge is -2.33. The van der Waals surface area contributed by atoms with Crippen molar-refractivity contribution < 1.29 is 19.4 Å². The van der Waals surface area contributed by atoms with E-state index in [1.807, 2.05) is 6.26 Å². The highest BCUT2D eigenvalue weighted by molar-refractivity contribution is 7.98. The number of carbonyl (C=O) groups is 2. The van der Waals surface area contributed by atoms with Crippen molar-refractivity contribution in [3.05, 3.63) is 42.1 Å². The Bertz CT molecular complexity index is 573. The fourth-order valence-electron chi connectivity index (χ4n) is 2.24. The van der Waals surface area contributed by atoms with Crippen LogP contribution in [0.3, 0.4) is 0 Å². The molecule has 0 spiro atoms. The minimum absolute atomic E-state index is 0.113. The molecule has 3 N–H and O–H groups in total. The molecular weight excluding hydrogens is 304 g/mol. The molecule has 0 radical (unpaired) electrons. The number of carbonyl (C=O) groups excluding carboxylic acids is 2. The van der Waals surface area contributed by atoms with Gasteiger partial charge in [-0.05, 0) is 24.0 Å². The third-order valence-electron chi connectivity index (χ3n) is 3.31. The van der Waals surface area contributed by atoms with Crippen LogP contribution in [0.4, 0.5) is 4.79 Å². The molecule has 0 unspecified atom stereocenters. The van der Waals surface area contributed by atoms with Crippen LogP contribution in [-0.4, -0.2) is 35.7 Å². The van der Waals surface area contributed by atoms with Crippen LogP contribution in [-0.2, 0) is 9.53 Å². The molecule has 0 bridgehead atoms. The minimum Gasteiger partial charge on any atom is -0.508 e. The number of phenolic OH excluding ortho intramolecular Hbond substituents is 1. The number of nitrogens with one attached hydrogen (secondary N) is 2. The first kappa shape index (κ1) is 16.2. The van der Waals surface area contributed by atoms with Crippen molar-refractivity contribution in [1.82, 2.24) is 10.6 Å². The molecule has 1 aromatic rings. The van der Waals surface area contributed by atoms with Crippen molar-refractivity contribution in [2.75, 3.05) is 18.6 Å². The Morgan fingerprint density at radius 2 is 2.09 bits per heavy atom. The van der Waals surface area contributed by atoms with Crippen LogP contribution in [0.1, 0.15) is 11.6 Å². The number of benzene rings is 1. The topological polar surface area (TPSA) is 87.7 Å². The Hall–Kier alpha value is -2.15. The molecule has 1 aliphatic rings. The molecule has 1 aliphatic heterocycles. The number of amides is 2. The summed E-state index contributed by atoms with van der Waals surface area (Å²) >= 11 is 1.58. The predicted octanol–water partition coefficient (Wildman–Crippen LogP) is 1.78. The summed E-state index contributed by atoms with van der Waals surface area (Å²) in [6.45, 7) is 4.07. The Balaban J connectivity index is 2.21. The Kier molecular flexibility index (Phi) is 5.32. The summed E-state index contributed by atoms with van der Waals surface area (Å²) < 4.78 is 5.24. The van der Waals surface area contributed by atoms with Crippen molar-refractivity contribution in [3.63, 3.8) is 0 Å². The van der Waals surface area contributed by atoms with Crippen molar-refractivity contribution in [2.24, 2.45) is 5.92 Å². The summed E-state index contributed by atoms with van der Waals surface area (Å²) in [5.41, 5.74) is 0.997. The maximum absolute atomic E-state index is 12.3. The summed E-state index contributed by atoms with van der Waals surface area (Å²) in [5, 5.41) is 14.6. The number of esters is 1. The van der Waals surface area contributed by atoms with Crippen molar-refractivity contribution >= 4 is 23.8 Å². The molecule has 0 aliphatic carbocycles. The van der Waals surface area contributed by atoms with Crippen LogP contribution in [0, 0.1) is 5.92 Å². The van der Waals surface area contributed by atoms with E-state index in [9.17, 15) is 14.7 Å². The van der Waals surface area contributed by atoms with Gasteiger partial charge in [-0.1, -0.05) is 18.7 Å². The lowest BCUT2D eigenvalue weighted by Crippen LogP contribution is -2.51. The first-order valence-electron chi connectivity index (χ1n) is 6.73. The monoisotopic (exact) mass is 322 g/mol. The molecule has 7 heteroatoms. The number of thioether (sulfide) groups is 1. The van der Waals surface area contributed by atoms with Gasteiger partial charge in [-0.3, -0.25) is 4.79 Å². The van der Waals surface area contributed by atoms with Gasteiger partial charge in [0.2, 0.25) is 0 Å². The van der Waals surface area contributed by atoms with E-state index in [0.717, 1.165) is 0 Å². The van der Waals surface area contributed by atoms with E-state index in [1.54, 1.807) is 23.9 Å². The summed E-state index contributed by atoms with van der Waals surface area (Å²) in [6.07, 6.45) is 1.93. The Labute approximate surface area is 132 Å². The van der Waals surface area contributed by atoms with Crippen LogP contribution in [0.2, 0.25) is 0 Å². The molecule has 1 aromatic carbocycles. The molecule has 0 saturated carbocycles. The second kappa shape index (κ2) is 7.22. The van der Waals surface area contributed by atoms with Gasteiger partial charge in [0.15, 0.2) is 0 Å². The predicted molar refractivity (Wildman–Crippen MR) is 84.5 cm³/mol. The number of urea groups is 1. The highest BCUT2D eigenvalue weighted by Gasteiger charge is 2.38. The van der Waals surface area contributed by atoms with Gasteiger partial charge in [0.25, 0.3) is 0 Å². The first-order chi connectivity index (χ1) is 10.5. The molecular formula is C15H18N2O4S. The van der Waals surface area contributed by atoms with Crippen LogP contribution in [0.25, 0.3) is 0 Å². The molecule has 6 nitrogen and oxygen atoms in total. The molecule has 2 atom stereocenters. The lowest BCUT2D eigenvalue weighted by molar-refractivity contribution is -0.147. The summed E-state index contributed by atoms with van der Waals surface area (Å²) in [7, 11) is 0. The van der Waals surface area contributed by atoms with Gasteiger partial charge in [0.05, 0.1) is 6.04 Å². The average Bonchev–Trinajstić information content (AvgIpc) is 2.47. The van der Waals surface area contributed by atoms with E-state index in [4.69, 9.17) is 4.74 Å². The van der Waals surface area contributed by atoms with E-state index in [2.05, 4.69) is 17.2 Å². The maximum atomic E-state index is 12.3. The smallest absolute Gasteiger partial charge is 0.319 e. The number of phenols is 1. The van der Waals surface area contributed by atoms with Crippen LogP contribution in [0.15, 0.2) is 36.5 Å². The lowest BCUT2D eigenvalue weighted by atomic mass is 9.89. The third-order valence-corrected chi connectivity index (χ3v) is 3.88. The fourth-order valence-corrected chi connectivity index (χ4v) is 2.49. The van der Waals surface area contributed by atoms with Crippen LogP contribution < -0.4 is 10.6 Å². The second-order valence-corrected chi connectivity index (χ2v) is 5.82. The van der Waals surface area contributed by atoms with E-state index in [-0.39, 0.29) is 5.75 Å². The molecule has 118 valence electrons. The fraction of sp³-hybridized carbons (Fsp3) is 0.333. The van der Waals surface area contributed by atoms with Crippen molar-refractivity contribution in [1.29, 1.82) is 0 Å². The molecule has 0 aromatic heterocycles. The van der Waals surface area contributed by atoms with Gasteiger partial charge < -0.3 is 20.5 Å². The minimum atomic E-state index is -0.718. The van der Waals surface area contributed by atoms with Gasteiger partial charge in [-0.25, -0.2) is 4.79 Å². The van der Waals surface area contributed by atoms with Gasteiger partial charge in [-0.15, -0.1) is 0 Å². The Morgan fingerprint density at radius 3 is 2.73 bits per heavy atom. The number of hydrogen-bond acceptors (Lipinski definition) is 5. The molecule has 2 amide bonds.